The molecule has 0 aliphatic heterocycles. The average Bonchev–Trinajstić information content (AvgIpc) is 2.90. The molecule has 1 aromatic carbocycles. The molecule has 0 fully saturated rings. The summed E-state index contributed by atoms with van der Waals surface area (Å²) in [5.41, 5.74) is 0.962. The summed E-state index contributed by atoms with van der Waals surface area (Å²) in [6.45, 7) is 0.833. The molecule has 0 amide bonds. The Morgan fingerprint density at radius 2 is 2.05 bits per heavy atom. The van der Waals surface area contributed by atoms with Crippen LogP contribution in [0.15, 0.2) is 46.3 Å². The van der Waals surface area contributed by atoms with Crippen LogP contribution in [-0.4, -0.2) is 18.9 Å². The number of carbonyl (C=O) groups is 1. The molecule has 2 rings (SSSR count). The highest BCUT2D eigenvalue weighted by molar-refractivity contribution is 9.10. The first-order valence-corrected chi connectivity index (χ1v) is 7.83. The molecule has 0 spiro atoms. The number of para-hydroxylation sites is 1. The van der Waals surface area contributed by atoms with E-state index in [0.29, 0.717) is 13.0 Å². The van der Waals surface area contributed by atoms with Crippen LogP contribution in [0.25, 0.3) is 0 Å². The minimum Gasteiger partial charge on any atom is -0.363 e. The van der Waals surface area contributed by atoms with E-state index in [1.165, 1.54) is 11.3 Å². The van der Waals surface area contributed by atoms with Crippen molar-refractivity contribution in [2.75, 3.05) is 18.0 Å². The minimum atomic E-state index is 0.0636. The van der Waals surface area contributed by atoms with Crippen LogP contribution in [0.2, 0.25) is 0 Å². The normalized spacial score (nSPS) is 10.0. The van der Waals surface area contributed by atoms with Gasteiger partial charge in [-0.25, -0.2) is 0 Å². The van der Waals surface area contributed by atoms with Gasteiger partial charge in [0.1, 0.15) is 0 Å². The highest BCUT2D eigenvalue weighted by Crippen LogP contribution is 2.24. The van der Waals surface area contributed by atoms with Crippen molar-refractivity contribution in [1.82, 2.24) is 0 Å². The number of Topliss-reactive ketones (excluding diaryl/α,β-unsaturated/α-hetero) is 1. The molecule has 1 aromatic heterocycles. The first kappa shape index (κ1) is 14.8. The van der Waals surface area contributed by atoms with Gasteiger partial charge in [0.15, 0.2) is 5.78 Å². The maximum Gasteiger partial charge on any atom is 0.193 e. The first-order valence-electron chi connectivity index (χ1n) is 6.15. The molecule has 0 atom stereocenters. The van der Waals surface area contributed by atoms with Gasteiger partial charge in [-0.05, 0) is 39.5 Å². The van der Waals surface area contributed by atoms with Crippen molar-refractivity contribution in [2.45, 2.75) is 6.42 Å². The van der Waals surface area contributed by atoms with Crippen LogP contribution in [0.5, 0.6) is 0 Å². The molecule has 5 heteroatoms. The molecule has 2 aromatic rings. The smallest absolute Gasteiger partial charge is 0.193 e. The van der Waals surface area contributed by atoms with Gasteiger partial charge >= 0.3 is 0 Å². The molecule has 1 heterocycles. The number of ketones is 1. The Morgan fingerprint density at radius 3 is 2.65 bits per heavy atom. The van der Waals surface area contributed by atoms with E-state index >= 15 is 0 Å². The highest BCUT2D eigenvalue weighted by Gasteiger charge is 2.16. The third-order valence-electron chi connectivity index (χ3n) is 2.82. The van der Waals surface area contributed by atoms with Crippen LogP contribution in [0.1, 0.15) is 16.1 Å². The first-order chi connectivity index (χ1) is 9.72. The lowest BCUT2D eigenvalue weighted by atomic mass is 10.2. The molecule has 20 heavy (non-hydrogen) atoms. The number of hydrogen-bond acceptors (Lipinski definition) is 4. The van der Waals surface area contributed by atoms with Crippen molar-refractivity contribution in [3.63, 3.8) is 0 Å². The molecule has 0 radical (unpaired) electrons. The lowest BCUT2D eigenvalue weighted by molar-refractivity contribution is 0.100. The molecule has 0 saturated carbocycles. The Balaban J connectivity index is 2.14. The summed E-state index contributed by atoms with van der Waals surface area (Å²) in [5.74, 6) is 0.0636. The maximum absolute atomic E-state index is 12.3. The van der Waals surface area contributed by atoms with Gasteiger partial charge in [-0.3, -0.25) is 4.79 Å². The molecule has 0 bridgehead atoms. The molecule has 0 N–H and O–H groups in total. The lowest BCUT2D eigenvalue weighted by Crippen LogP contribution is -2.30. The molecule has 102 valence electrons. The van der Waals surface area contributed by atoms with Gasteiger partial charge in [0.25, 0.3) is 0 Å². The number of benzene rings is 1. The standard InChI is InChI=1S/C15H13BrN2OS/c16-13-7-10-20-15(13)14(19)11-18(9-4-8-17)12-5-2-1-3-6-12/h1-3,5-7,10H,4,9,11H2. The van der Waals surface area contributed by atoms with E-state index in [9.17, 15) is 4.79 Å². The van der Waals surface area contributed by atoms with E-state index in [1.54, 1.807) is 0 Å². The highest BCUT2D eigenvalue weighted by atomic mass is 79.9. The van der Waals surface area contributed by atoms with E-state index in [2.05, 4.69) is 22.0 Å². The Labute approximate surface area is 130 Å². The van der Waals surface area contributed by atoms with Crippen molar-refractivity contribution in [3.8, 4) is 6.07 Å². The minimum absolute atomic E-state index is 0.0636. The van der Waals surface area contributed by atoms with E-state index in [1.807, 2.05) is 46.7 Å². The number of hydrogen-bond donors (Lipinski definition) is 0. The van der Waals surface area contributed by atoms with E-state index < -0.39 is 0 Å². The lowest BCUT2D eigenvalue weighted by Gasteiger charge is -2.22. The van der Waals surface area contributed by atoms with Crippen LogP contribution in [-0.2, 0) is 0 Å². The maximum atomic E-state index is 12.3. The number of anilines is 1. The third kappa shape index (κ3) is 3.69. The van der Waals surface area contributed by atoms with Crippen molar-refractivity contribution < 1.29 is 4.79 Å². The number of nitriles is 1. The topological polar surface area (TPSA) is 44.1 Å². The van der Waals surface area contributed by atoms with Crippen molar-refractivity contribution in [2.24, 2.45) is 0 Å². The van der Waals surface area contributed by atoms with E-state index in [-0.39, 0.29) is 12.3 Å². The summed E-state index contributed by atoms with van der Waals surface area (Å²) < 4.78 is 0.834. The molecule has 0 saturated heterocycles. The van der Waals surface area contributed by atoms with E-state index in [4.69, 9.17) is 5.26 Å². The summed E-state index contributed by atoms with van der Waals surface area (Å²) in [7, 11) is 0. The fraction of sp³-hybridized carbons (Fsp3) is 0.200. The molecule has 0 aliphatic rings. The number of carbonyl (C=O) groups excluding carboxylic acids is 1. The summed E-state index contributed by atoms with van der Waals surface area (Å²) in [5, 5.41) is 10.6. The molecule has 3 nitrogen and oxygen atoms in total. The second-order valence-corrected chi connectivity index (χ2v) is 5.96. The third-order valence-corrected chi connectivity index (χ3v) is 4.70. The number of thiophene rings is 1. The van der Waals surface area contributed by atoms with Crippen molar-refractivity contribution in [1.29, 1.82) is 5.26 Å². The monoisotopic (exact) mass is 348 g/mol. The molecular weight excluding hydrogens is 336 g/mol. The van der Waals surface area contributed by atoms with Crippen molar-refractivity contribution in [3.05, 3.63) is 51.1 Å². The second kappa shape index (κ2) is 7.22. The molecule has 0 aliphatic carbocycles. The Bertz CT molecular complexity index is 618. The fourth-order valence-electron chi connectivity index (χ4n) is 1.86. The number of rotatable bonds is 6. The molecule has 0 unspecified atom stereocenters. The fourth-order valence-corrected chi connectivity index (χ4v) is 3.39. The number of halogens is 1. The average molecular weight is 349 g/mol. The second-order valence-electron chi connectivity index (χ2n) is 4.19. The predicted octanol–water partition coefficient (Wildman–Crippen LogP) is 4.11. The van der Waals surface area contributed by atoms with Crippen molar-refractivity contribution >= 4 is 38.7 Å². The van der Waals surface area contributed by atoms with Crippen LogP contribution in [0.4, 0.5) is 5.69 Å². The van der Waals surface area contributed by atoms with Crippen LogP contribution in [0.3, 0.4) is 0 Å². The van der Waals surface area contributed by atoms with Crippen LogP contribution >= 0.6 is 27.3 Å². The Hall–Kier alpha value is -1.64. The van der Waals surface area contributed by atoms with Gasteiger partial charge in [0.2, 0.25) is 0 Å². The Morgan fingerprint density at radius 1 is 1.30 bits per heavy atom. The summed E-state index contributed by atoms with van der Waals surface area (Å²) >= 11 is 4.82. The predicted molar refractivity (Wildman–Crippen MR) is 85.2 cm³/mol. The quantitative estimate of drug-likeness (QED) is 0.737. The Kier molecular flexibility index (Phi) is 5.33. The molecular formula is C15H13BrN2OS. The van der Waals surface area contributed by atoms with Crippen LogP contribution < -0.4 is 4.90 Å². The summed E-state index contributed by atoms with van der Waals surface area (Å²) in [6, 6.07) is 13.7. The van der Waals surface area contributed by atoms with Gasteiger partial charge in [-0.2, -0.15) is 5.26 Å². The van der Waals surface area contributed by atoms with Gasteiger partial charge < -0.3 is 4.90 Å². The zero-order valence-corrected chi connectivity index (χ0v) is 13.2. The van der Waals surface area contributed by atoms with Gasteiger partial charge in [-0.1, -0.05) is 18.2 Å². The van der Waals surface area contributed by atoms with Crippen LogP contribution in [0, 0.1) is 11.3 Å². The van der Waals surface area contributed by atoms with Gasteiger partial charge in [0.05, 0.1) is 23.9 Å². The zero-order valence-electron chi connectivity index (χ0n) is 10.8. The van der Waals surface area contributed by atoms with E-state index in [0.717, 1.165) is 15.0 Å². The van der Waals surface area contributed by atoms with Gasteiger partial charge in [-0.15, -0.1) is 11.3 Å². The SMILES string of the molecule is N#CCCN(CC(=O)c1sccc1Br)c1ccccc1. The summed E-state index contributed by atoms with van der Waals surface area (Å²) in [6.07, 6.45) is 0.397. The zero-order chi connectivity index (χ0) is 14.4. The van der Waals surface area contributed by atoms with Gasteiger partial charge in [0, 0.05) is 16.7 Å². The summed E-state index contributed by atoms with van der Waals surface area (Å²) in [4.78, 5) is 15.0. The number of nitrogens with zero attached hydrogens (tertiary/aromatic N) is 2. The largest absolute Gasteiger partial charge is 0.363 e.